The molecule has 0 aliphatic heterocycles. The Kier molecular flexibility index (Phi) is 2.58. The molecule has 0 aromatic carbocycles. The molecule has 0 saturated heterocycles. The van der Waals surface area contributed by atoms with Crippen molar-refractivity contribution in [3.8, 4) is 0 Å². The lowest BCUT2D eigenvalue weighted by atomic mass is 9.65. The molecule has 0 amide bonds. The van der Waals surface area contributed by atoms with Crippen LogP contribution in [0.15, 0.2) is 16.7 Å². The summed E-state index contributed by atoms with van der Waals surface area (Å²) in [6.07, 6.45) is 4.54. The monoisotopic (exact) mass is 258 g/mol. The van der Waals surface area contributed by atoms with Crippen LogP contribution in [0.4, 0.5) is 4.39 Å². The molecule has 2 rings (SSSR count). The lowest BCUT2D eigenvalue weighted by Gasteiger charge is -2.41. The van der Waals surface area contributed by atoms with Crippen molar-refractivity contribution in [2.75, 3.05) is 6.54 Å². The topological polar surface area (TPSA) is 38.9 Å². The highest BCUT2D eigenvalue weighted by atomic mass is 79.9. The largest absolute Gasteiger partial charge is 0.330 e. The molecule has 76 valence electrons. The van der Waals surface area contributed by atoms with Gasteiger partial charge >= 0.3 is 0 Å². The number of nitrogens with zero attached hydrogens (tertiary/aromatic N) is 1. The summed E-state index contributed by atoms with van der Waals surface area (Å²) < 4.78 is 14.3. The minimum Gasteiger partial charge on any atom is -0.330 e. The smallest absolute Gasteiger partial charge is 0.216 e. The molecule has 1 heterocycles. The number of nitrogens with two attached hydrogens (primary N) is 1. The van der Waals surface area contributed by atoms with Crippen LogP contribution in [-0.4, -0.2) is 11.5 Å². The first-order valence-corrected chi connectivity index (χ1v) is 5.49. The van der Waals surface area contributed by atoms with Gasteiger partial charge in [0.15, 0.2) is 0 Å². The zero-order valence-electron chi connectivity index (χ0n) is 7.76. The van der Waals surface area contributed by atoms with E-state index in [0.717, 1.165) is 23.7 Å². The van der Waals surface area contributed by atoms with Crippen LogP contribution in [0.5, 0.6) is 0 Å². The van der Waals surface area contributed by atoms with Gasteiger partial charge in [-0.1, -0.05) is 6.42 Å². The van der Waals surface area contributed by atoms with Crippen molar-refractivity contribution in [1.29, 1.82) is 0 Å². The normalized spacial score (nSPS) is 19.1. The second-order valence-corrected chi connectivity index (χ2v) is 4.75. The van der Waals surface area contributed by atoms with Gasteiger partial charge in [0, 0.05) is 28.2 Å². The van der Waals surface area contributed by atoms with E-state index in [1.165, 1.54) is 6.20 Å². The summed E-state index contributed by atoms with van der Waals surface area (Å²) in [6, 6.07) is 1.80. The molecule has 1 aliphatic rings. The molecule has 0 atom stereocenters. The maximum Gasteiger partial charge on any atom is 0.216 e. The van der Waals surface area contributed by atoms with Crippen molar-refractivity contribution >= 4 is 15.9 Å². The summed E-state index contributed by atoms with van der Waals surface area (Å²) >= 11 is 3.30. The maximum absolute atomic E-state index is 13.5. The minimum absolute atomic E-state index is 0.152. The Balaban J connectivity index is 2.43. The summed E-state index contributed by atoms with van der Waals surface area (Å²) in [5.74, 6) is -0.377. The van der Waals surface area contributed by atoms with Crippen LogP contribution in [0.2, 0.25) is 0 Å². The van der Waals surface area contributed by atoms with Crippen molar-refractivity contribution in [3.63, 3.8) is 0 Å². The Morgan fingerprint density at radius 3 is 2.79 bits per heavy atom. The Morgan fingerprint density at radius 1 is 1.57 bits per heavy atom. The van der Waals surface area contributed by atoms with E-state index in [1.54, 1.807) is 6.07 Å². The Bertz CT molecular complexity index is 344. The third kappa shape index (κ3) is 1.46. The number of hydrogen-bond acceptors (Lipinski definition) is 2. The predicted molar refractivity (Wildman–Crippen MR) is 56.5 cm³/mol. The second-order valence-electron chi connectivity index (χ2n) is 3.83. The van der Waals surface area contributed by atoms with E-state index in [4.69, 9.17) is 5.73 Å². The average molecular weight is 259 g/mol. The molecule has 2 nitrogen and oxygen atoms in total. The SMILES string of the molecule is NCC1(c2cc(Br)cnc2F)CCC1. The van der Waals surface area contributed by atoms with Gasteiger partial charge in [-0.2, -0.15) is 4.39 Å². The van der Waals surface area contributed by atoms with Crippen LogP contribution < -0.4 is 5.73 Å². The quantitative estimate of drug-likeness (QED) is 0.828. The van der Waals surface area contributed by atoms with Gasteiger partial charge < -0.3 is 5.73 Å². The summed E-state index contributed by atoms with van der Waals surface area (Å²) in [5.41, 5.74) is 6.23. The Labute approximate surface area is 90.8 Å². The van der Waals surface area contributed by atoms with E-state index in [-0.39, 0.29) is 11.4 Å². The van der Waals surface area contributed by atoms with Gasteiger partial charge in [0.2, 0.25) is 5.95 Å². The molecular weight excluding hydrogens is 247 g/mol. The molecule has 0 radical (unpaired) electrons. The molecule has 1 aromatic heterocycles. The highest BCUT2D eigenvalue weighted by molar-refractivity contribution is 9.10. The van der Waals surface area contributed by atoms with Crippen LogP contribution in [0.1, 0.15) is 24.8 Å². The molecule has 1 aliphatic carbocycles. The van der Waals surface area contributed by atoms with Gasteiger partial charge in [0.05, 0.1) is 0 Å². The van der Waals surface area contributed by atoms with Crippen LogP contribution in [0.25, 0.3) is 0 Å². The maximum atomic E-state index is 13.5. The molecular formula is C10H12BrFN2. The average Bonchev–Trinajstić information content (AvgIpc) is 2.10. The van der Waals surface area contributed by atoms with Crippen molar-refractivity contribution in [1.82, 2.24) is 4.98 Å². The van der Waals surface area contributed by atoms with E-state index >= 15 is 0 Å². The van der Waals surface area contributed by atoms with Crippen molar-refractivity contribution < 1.29 is 4.39 Å². The van der Waals surface area contributed by atoms with Crippen LogP contribution >= 0.6 is 15.9 Å². The molecule has 1 saturated carbocycles. The molecule has 2 N–H and O–H groups in total. The lowest BCUT2D eigenvalue weighted by Crippen LogP contribution is -2.42. The summed E-state index contributed by atoms with van der Waals surface area (Å²) in [5, 5.41) is 0. The van der Waals surface area contributed by atoms with Crippen LogP contribution in [-0.2, 0) is 5.41 Å². The summed E-state index contributed by atoms with van der Waals surface area (Å²) in [7, 11) is 0. The van der Waals surface area contributed by atoms with Crippen molar-refractivity contribution in [3.05, 3.63) is 28.2 Å². The molecule has 1 aromatic rings. The molecule has 1 fully saturated rings. The van der Waals surface area contributed by atoms with E-state index in [2.05, 4.69) is 20.9 Å². The standard InChI is InChI=1S/C10H12BrFN2/c11-7-4-8(9(12)14-5-7)10(6-13)2-1-3-10/h4-5H,1-3,6,13H2. The fraction of sp³-hybridized carbons (Fsp3) is 0.500. The first kappa shape index (κ1) is 10.1. The number of aromatic nitrogens is 1. The van der Waals surface area contributed by atoms with E-state index in [1.807, 2.05) is 0 Å². The molecule has 0 spiro atoms. The zero-order valence-corrected chi connectivity index (χ0v) is 9.35. The third-order valence-corrected chi connectivity index (χ3v) is 3.51. The van der Waals surface area contributed by atoms with Gasteiger partial charge in [-0.25, -0.2) is 4.98 Å². The number of hydrogen-bond donors (Lipinski definition) is 1. The van der Waals surface area contributed by atoms with Gasteiger partial charge in [0.25, 0.3) is 0 Å². The number of halogens is 2. The predicted octanol–water partition coefficient (Wildman–Crippen LogP) is 2.36. The fourth-order valence-electron chi connectivity index (χ4n) is 1.98. The highest BCUT2D eigenvalue weighted by Crippen LogP contribution is 2.43. The first-order chi connectivity index (χ1) is 6.68. The van der Waals surface area contributed by atoms with Gasteiger partial charge in [-0.3, -0.25) is 0 Å². The summed E-state index contributed by atoms with van der Waals surface area (Å²) in [4.78, 5) is 3.71. The molecule has 0 bridgehead atoms. The molecule has 4 heteroatoms. The summed E-state index contributed by atoms with van der Waals surface area (Å²) in [6.45, 7) is 0.502. The molecule has 0 unspecified atom stereocenters. The second kappa shape index (κ2) is 3.59. The van der Waals surface area contributed by atoms with E-state index in [9.17, 15) is 4.39 Å². The number of rotatable bonds is 2. The first-order valence-electron chi connectivity index (χ1n) is 4.69. The zero-order chi connectivity index (χ0) is 10.2. The van der Waals surface area contributed by atoms with Gasteiger partial charge in [-0.15, -0.1) is 0 Å². The fourth-order valence-corrected chi connectivity index (χ4v) is 2.31. The van der Waals surface area contributed by atoms with E-state index in [0.29, 0.717) is 12.1 Å². The Morgan fingerprint density at radius 2 is 2.29 bits per heavy atom. The van der Waals surface area contributed by atoms with Gasteiger partial charge in [-0.05, 0) is 34.8 Å². The van der Waals surface area contributed by atoms with Gasteiger partial charge in [0.1, 0.15) is 0 Å². The lowest BCUT2D eigenvalue weighted by molar-refractivity contribution is 0.242. The van der Waals surface area contributed by atoms with Crippen LogP contribution in [0.3, 0.4) is 0 Å². The third-order valence-electron chi connectivity index (χ3n) is 3.08. The highest BCUT2D eigenvalue weighted by Gasteiger charge is 2.39. The van der Waals surface area contributed by atoms with E-state index < -0.39 is 0 Å². The number of pyridine rings is 1. The minimum atomic E-state index is -0.377. The van der Waals surface area contributed by atoms with Crippen molar-refractivity contribution in [2.45, 2.75) is 24.7 Å². The van der Waals surface area contributed by atoms with Crippen LogP contribution in [0, 0.1) is 5.95 Å². The molecule has 14 heavy (non-hydrogen) atoms. The van der Waals surface area contributed by atoms with Crippen molar-refractivity contribution in [2.24, 2.45) is 5.73 Å². The Hall–Kier alpha value is -0.480.